The minimum Gasteiger partial charge on any atom is -0.336 e. The number of carbonyl (C=O) groups is 1. The van der Waals surface area contributed by atoms with Crippen molar-refractivity contribution in [1.29, 1.82) is 0 Å². The van der Waals surface area contributed by atoms with Crippen LogP contribution in [0.2, 0.25) is 0 Å². The minimum atomic E-state index is -4.63. The molecule has 0 spiro atoms. The van der Waals surface area contributed by atoms with Crippen molar-refractivity contribution >= 4 is 5.91 Å². The van der Waals surface area contributed by atoms with E-state index in [1.807, 2.05) is 6.07 Å². The maximum absolute atomic E-state index is 12.9. The third-order valence-electron chi connectivity index (χ3n) is 5.38. The first-order chi connectivity index (χ1) is 14.2. The average Bonchev–Trinajstić information content (AvgIpc) is 3.60. The zero-order valence-electron chi connectivity index (χ0n) is 15.9. The number of alkyl halides is 3. The van der Waals surface area contributed by atoms with Crippen molar-refractivity contribution < 1.29 is 22.5 Å². The number of nitrogens with one attached hydrogen (secondary N) is 1. The van der Waals surface area contributed by atoms with Crippen LogP contribution in [0, 0.1) is 0 Å². The topological polar surface area (TPSA) is 98.7 Å². The highest BCUT2D eigenvalue weighted by atomic mass is 19.4. The number of aryl methyl sites for hydroxylation is 1. The highest BCUT2D eigenvalue weighted by Crippen LogP contribution is 2.45. The Morgan fingerprint density at radius 3 is 2.70 bits per heavy atom. The van der Waals surface area contributed by atoms with Crippen LogP contribution in [-0.2, 0) is 18.8 Å². The Bertz CT molecular complexity index is 1130. The first-order valence-electron chi connectivity index (χ1n) is 9.49. The van der Waals surface area contributed by atoms with Gasteiger partial charge in [0.2, 0.25) is 5.82 Å². The number of hydrogen-bond acceptors (Lipinski definition) is 6. The van der Waals surface area contributed by atoms with Gasteiger partial charge in [0.15, 0.2) is 5.69 Å². The molecule has 3 aromatic heterocycles. The Kier molecular flexibility index (Phi) is 3.99. The Balaban J connectivity index is 1.36. The molecule has 2 aliphatic rings. The fraction of sp³-hybridized carbons (Fsp3) is 0.421. The Morgan fingerprint density at radius 2 is 2.07 bits per heavy atom. The summed E-state index contributed by atoms with van der Waals surface area (Å²) in [4.78, 5) is 21.4. The molecule has 0 radical (unpaired) electrons. The fourth-order valence-corrected chi connectivity index (χ4v) is 3.34. The molecular weight excluding hydrogens is 401 g/mol. The lowest BCUT2D eigenvalue weighted by molar-refractivity contribution is -0.141. The van der Waals surface area contributed by atoms with E-state index in [9.17, 15) is 18.0 Å². The predicted molar refractivity (Wildman–Crippen MR) is 96.1 cm³/mol. The number of nitrogens with zero attached hydrogens (tertiary/aromatic N) is 5. The zero-order chi connectivity index (χ0) is 21.1. The lowest BCUT2D eigenvalue weighted by Gasteiger charge is -2.12. The Morgan fingerprint density at radius 1 is 1.30 bits per heavy atom. The quantitative estimate of drug-likeness (QED) is 0.683. The second-order valence-corrected chi connectivity index (χ2v) is 7.74. The van der Waals surface area contributed by atoms with E-state index in [0.29, 0.717) is 24.6 Å². The highest BCUT2D eigenvalue weighted by molar-refractivity contribution is 5.93. The van der Waals surface area contributed by atoms with Crippen LogP contribution in [0.4, 0.5) is 13.2 Å². The summed E-state index contributed by atoms with van der Waals surface area (Å²) < 4.78 is 44.9. The molecule has 2 aliphatic carbocycles. The van der Waals surface area contributed by atoms with Gasteiger partial charge in [-0.3, -0.25) is 14.5 Å². The molecule has 0 unspecified atom stereocenters. The summed E-state index contributed by atoms with van der Waals surface area (Å²) in [5.41, 5.74) is -0.437. The van der Waals surface area contributed by atoms with Crippen molar-refractivity contribution in [2.75, 3.05) is 0 Å². The summed E-state index contributed by atoms with van der Waals surface area (Å²) in [5.74, 6) is 0.409. The van der Waals surface area contributed by atoms with Crippen molar-refractivity contribution in [2.24, 2.45) is 7.05 Å². The zero-order valence-corrected chi connectivity index (χ0v) is 15.9. The van der Waals surface area contributed by atoms with Gasteiger partial charge in [0.05, 0.1) is 0 Å². The Hall–Kier alpha value is -3.24. The third-order valence-corrected chi connectivity index (χ3v) is 5.38. The van der Waals surface area contributed by atoms with E-state index in [2.05, 4.69) is 25.5 Å². The molecule has 0 aliphatic heterocycles. The second kappa shape index (κ2) is 6.38. The van der Waals surface area contributed by atoms with E-state index in [1.54, 1.807) is 12.3 Å². The molecule has 8 nitrogen and oxygen atoms in total. The van der Waals surface area contributed by atoms with Crippen molar-refractivity contribution in [3.05, 3.63) is 47.4 Å². The standard InChI is InChI=1S/C19H17F3N6O2/c1-28-13(9-14(26-28)19(20,21)22)16(29)25-18(5-6-18)17-24-15(27-30-17)11-4-7-23-12(8-11)10-2-3-10/h4,7-10H,2-3,5-6H2,1H3,(H,25,29). The van der Waals surface area contributed by atoms with Crippen molar-refractivity contribution in [1.82, 2.24) is 30.2 Å². The molecule has 3 heterocycles. The molecule has 0 aromatic carbocycles. The summed E-state index contributed by atoms with van der Waals surface area (Å²) in [6.45, 7) is 0. The molecule has 11 heteroatoms. The highest BCUT2D eigenvalue weighted by Gasteiger charge is 2.51. The smallest absolute Gasteiger partial charge is 0.336 e. The van der Waals surface area contributed by atoms with Gasteiger partial charge in [-0.2, -0.15) is 23.3 Å². The van der Waals surface area contributed by atoms with E-state index in [1.165, 1.54) is 7.05 Å². The van der Waals surface area contributed by atoms with Crippen molar-refractivity contribution in [3.63, 3.8) is 0 Å². The SMILES string of the molecule is Cn1nc(C(F)(F)F)cc1C(=O)NC1(c2nc(-c3ccnc(C4CC4)c3)no2)CC1. The van der Waals surface area contributed by atoms with Gasteiger partial charge in [-0.05, 0) is 37.8 Å². The van der Waals surface area contributed by atoms with Crippen LogP contribution in [0.5, 0.6) is 0 Å². The van der Waals surface area contributed by atoms with Crippen LogP contribution in [0.3, 0.4) is 0 Å². The fourth-order valence-electron chi connectivity index (χ4n) is 3.34. The molecule has 0 bridgehead atoms. The van der Waals surface area contributed by atoms with Crippen LogP contribution in [0.1, 0.15) is 59.4 Å². The van der Waals surface area contributed by atoms with Gasteiger partial charge < -0.3 is 9.84 Å². The van der Waals surface area contributed by atoms with Gasteiger partial charge in [0.25, 0.3) is 11.8 Å². The van der Waals surface area contributed by atoms with Crippen molar-refractivity contribution in [3.8, 4) is 11.4 Å². The molecule has 2 saturated carbocycles. The first-order valence-corrected chi connectivity index (χ1v) is 9.49. The molecule has 0 atom stereocenters. The summed E-state index contributed by atoms with van der Waals surface area (Å²) in [6, 6.07) is 4.44. The van der Waals surface area contributed by atoms with Gasteiger partial charge in [-0.15, -0.1) is 0 Å². The third kappa shape index (κ3) is 3.33. The van der Waals surface area contributed by atoms with Gasteiger partial charge in [-0.25, -0.2) is 0 Å². The molecule has 156 valence electrons. The molecule has 0 saturated heterocycles. The maximum atomic E-state index is 12.9. The number of amides is 1. The average molecular weight is 418 g/mol. The van der Waals surface area contributed by atoms with Crippen LogP contribution in [0.25, 0.3) is 11.4 Å². The van der Waals surface area contributed by atoms with Gasteiger partial charge in [-0.1, -0.05) is 5.16 Å². The van der Waals surface area contributed by atoms with Gasteiger partial charge in [0.1, 0.15) is 11.2 Å². The lowest BCUT2D eigenvalue weighted by atomic mass is 10.1. The normalized spacial score (nSPS) is 17.7. The lowest BCUT2D eigenvalue weighted by Crippen LogP contribution is -2.36. The Labute approximate surface area is 168 Å². The van der Waals surface area contributed by atoms with Gasteiger partial charge >= 0.3 is 6.18 Å². The molecule has 3 aromatic rings. The van der Waals surface area contributed by atoms with E-state index in [4.69, 9.17) is 4.52 Å². The maximum Gasteiger partial charge on any atom is 0.435 e. The van der Waals surface area contributed by atoms with Crippen LogP contribution < -0.4 is 5.32 Å². The summed E-state index contributed by atoms with van der Waals surface area (Å²) >= 11 is 0. The molecule has 1 amide bonds. The van der Waals surface area contributed by atoms with Crippen LogP contribution in [-0.4, -0.2) is 30.8 Å². The second-order valence-electron chi connectivity index (χ2n) is 7.74. The minimum absolute atomic E-state index is 0.198. The predicted octanol–water partition coefficient (Wildman–Crippen LogP) is 3.18. The summed E-state index contributed by atoms with van der Waals surface area (Å²) in [6.07, 6.45) is 0.412. The number of halogens is 3. The number of carbonyl (C=O) groups excluding carboxylic acids is 1. The number of hydrogen-bond donors (Lipinski definition) is 1. The van der Waals surface area contributed by atoms with E-state index < -0.39 is 23.3 Å². The van der Waals surface area contributed by atoms with E-state index in [-0.39, 0.29) is 11.6 Å². The monoisotopic (exact) mass is 418 g/mol. The van der Waals surface area contributed by atoms with E-state index >= 15 is 0 Å². The molecular formula is C19H17F3N6O2. The number of pyridine rings is 1. The molecule has 1 N–H and O–H groups in total. The summed E-state index contributed by atoms with van der Waals surface area (Å²) in [7, 11) is 1.29. The molecule has 2 fully saturated rings. The van der Waals surface area contributed by atoms with Crippen molar-refractivity contribution in [2.45, 2.75) is 43.3 Å². The van der Waals surface area contributed by atoms with E-state index in [0.717, 1.165) is 34.8 Å². The number of aromatic nitrogens is 5. The van der Waals surface area contributed by atoms with Crippen LogP contribution >= 0.6 is 0 Å². The largest absolute Gasteiger partial charge is 0.435 e. The molecule has 5 rings (SSSR count). The first kappa shape index (κ1) is 18.8. The van der Waals surface area contributed by atoms with Crippen LogP contribution in [0.15, 0.2) is 28.9 Å². The van der Waals surface area contributed by atoms with Gasteiger partial charge in [0, 0.05) is 36.5 Å². The molecule has 30 heavy (non-hydrogen) atoms. The summed E-state index contributed by atoms with van der Waals surface area (Å²) in [5, 5.41) is 10.1. The number of rotatable bonds is 5.